The largest absolute Gasteiger partial charge is 0.511 e. The number of aliphatic imine (C=N–C) groups is 1. The SMILES string of the molecule is CN=C(NCCCCCOC)NC1CCN(S(=O)(=O)C(F)(F)F)CC1.I. The number of ether oxygens (including phenoxy) is 1. The fourth-order valence-corrected chi connectivity index (χ4v) is 3.51. The molecule has 0 aromatic rings. The second-order valence-corrected chi connectivity index (χ2v) is 7.75. The first-order valence-electron chi connectivity index (χ1n) is 8.25. The van der Waals surface area contributed by atoms with Gasteiger partial charge in [-0.2, -0.15) is 17.5 Å². The number of sulfonamides is 1. The van der Waals surface area contributed by atoms with Crippen LogP contribution in [-0.4, -0.2) is 70.6 Å². The summed E-state index contributed by atoms with van der Waals surface area (Å²) < 4.78 is 65.9. The average molecular weight is 516 g/mol. The predicted molar refractivity (Wildman–Crippen MR) is 105 cm³/mol. The van der Waals surface area contributed by atoms with Gasteiger partial charge >= 0.3 is 15.5 Å². The molecule has 7 nitrogen and oxygen atoms in total. The number of halogens is 4. The summed E-state index contributed by atoms with van der Waals surface area (Å²) in [5.41, 5.74) is -5.24. The van der Waals surface area contributed by atoms with Crippen molar-refractivity contribution < 1.29 is 26.3 Å². The van der Waals surface area contributed by atoms with E-state index in [-0.39, 0.29) is 43.1 Å². The molecule has 1 aliphatic heterocycles. The van der Waals surface area contributed by atoms with Crippen molar-refractivity contribution in [2.24, 2.45) is 4.99 Å². The van der Waals surface area contributed by atoms with Gasteiger partial charge in [0.25, 0.3) is 0 Å². The van der Waals surface area contributed by atoms with Crippen LogP contribution >= 0.6 is 24.0 Å². The Balaban J connectivity index is 0.00000625. The number of methoxy groups -OCH3 is 1. The predicted octanol–water partition coefficient (Wildman–Crippen LogP) is 1.90. The molecule has 156 valence electrons. The number of hydrogen-bond donors (Lipinski definition) is 2. The Hall–Kier alpha value is -0.340. The van der Waals surface area contributed by atoms with Crippen molar-refractivity contribution in [2.45, 2.75) is 43.7 Å². The van der Waals surface area contributed by atoms with Gasteiger partial charge in [0.05, 0.1) is 0 Å². The van der Waals surface area contributed by atoms with E-state index in [1.54, 1.807) is 14.2 Å². The second kappa shape index (κ2) is 12.2. The van der Waals surface area contributed by atoms with Crippen molar-refractivity contribution in [3.05, 3.63) is 0 Å². The minimum atomic E-state index is -5.24. The molecule has 0 spiro atoms. The van der Waals surface area contributed by atoms with Gasteiger partial charge in [0.1, 0.15) is 0 Å². The number of nitrogens with one attached hydrogen (secondary N) is 2. The van der Waals surface area contributed by atoms with Crippen LogP contribution in [0.3, 0.4) is 0 Å². The molecule has 0 bridgehead atoms. The van der Waals surface area contributed by atoms with Gasteiger partial charge in [0.15, 0.2) is 5.96 Å². The molecular weight excluding hydrogens is 488 g/mol. The Bertz CT molecular complexity index is 524. The Morgan fingerprint density at radius 3 is 2.35 bits per heavy atom. The van der Waals surface area contributed by atoms with E-state index in [4.69, 9.17) is 4.74 Å². The molecule has 2 N–H and O–H groups in total. The fourth-order valence-electron chi connectivity index (χ4n) is 2.53. The maximum Gasteiger partial charge on any atom is 0.511 e. The van der Waals surface area contributed by atoms with Crippen molar-refractivity contribution in [1.82, 2.24) is 14.9 Å². The molecule has 0 unspecified atom stereocenters. The fraction of sp³-hybridized carbons (Fsp3) is 0.929. The van der Waals surface area contributed by atoms with E-state index >= 15 is 0 Å². The number of rotatable bonds is 8. The van der Waals surface area contributed by atoms with Crippen molar-refractivity contribution in [3.63, 3.8) is 0 Å². The number of unbranched alkanes of at least 4 members (excludes halogenated alkanes) is 2. The normalized spacial score (nSPS) is 17.7. The molecular formula is C14H28F3IN4O3S. The van der Waals surface area contributed by atoms with Crippen LogP contribution < -0.4 is 10.6 Å². The summed E-state index contributed by atoms with van der Waals surface area (Å²) in [6, 6.07) is -0.112. The molecule has 1 heterocycles. The van der Waals surface area contributed by atoms with Gasteiger partial charge in [-0.1, -0.05) is 0 Å². The maximum atomic E-state index is 12.5. The summed E-state index contributed by atoms with van der Waals surface area (Å²) in [6.45, 7) is 1.14. The highest BCUT2D eigenvalue weighted by Gasteiger charge is 2.50. The monoisotopic (exact) mass is 516 g/mol. The molecule has 0 aromatic heterocycles. The summed E-state index contributed by atoms with van der Waals surface area (Å²) >= 11 is 0. The van der Waals surface area contributed by atoms with Crippen molar-refractivity contribution >= 4 is 40.0 Å². The molecule has 26 heavy (non-hydrogen) atoms. The Morgan fingerprint density at radius 1 is 1.23 bits per heavy atom. The highest BCUT2D eigenvalue weighted by atomic mass is 127. The molecule has 0 saturated carbocycles. The van der Waals surface area contributed by atoms with Crippen LogP contribution in [0.1, 0.15) is 32.1 Å². The third-order valence-electron chi connectivity index (χ3n) is 3.97. The summed E-state index contributed by atoms with van der Waals surface area (Å²) in [7, 11) is -1.96. The lowest BCUT2D eigenvalue weighted by atomic mass is 10.1. The smallest absolute Gasteiger partial charge is 0.385 e. The van der Waals surface area contributed by atoms with Gasteiger partial charge in [0, 0.05) is 46.4 Å². The van der Waals surface area contributed by atoms with E-state index in [2.05, 4.69) is 15.6 Å². The molecule has 1 fully saturated rings. The van der Waals surface area contributed by atoms with Crippen LogP contribution in [0.4, 0.5) is 13.2 Å². The van der Waals surface area contributed by atoms with Gasteiger partial charge in [-0.3, -0.25) is 4.99 Å². The van der Waals surface area contributed by atoms with Gasteiger partial charge in [-0.15, -0.1) is 24.0 Å². The van der Waals surface area contributed by atoms with E-state index in [0.29, 0.717) is 23.1 Å². The minimum absolute atomic E-state index is 0. The number of hydrogen-bond acceptors (Lipinski definition) is 4. The van der Waals surface area contributed by atoms with E-state index in [1.165, 1.54) is 0 Å². The standard InChI is InChI=1S/C14H27F3N4O3S.HI/c1-18-13(19-8-4-3-5-11-24-2)20-12-6-9-21(10-7-12)25(22,23)14(15,16)17;/h12H,3-11H2,1-2H3,(H2,18,19,20);1H. The summed E-state index contributed by atoms with van der Waals surface area (Å²) in [5.74, 6) is 0.573. The van der Waals surface area contributed by atoms with Crippen LogP contribution in [0.2, 0.25) is 0 Å². The molecule has 1 aliphatic rings. The Labute approximate surface area is 170 Å². The first kappa shape index (κ1) is 25.7. The second-order valence-electron chi connectivity index (χ2n) is 5.82. The third kappa shape index (κ3) is 8.13. The quantitative estimate of drug-likeness (QED) is 0.223. The average Bonchev–Trinajstić information content (AvgIpc) is 2.56. The summed E-state index contributed by atoms with van der Waals surface area (Å²) in [4.78, 5) is 4.08. The highest BCUT2D eigenvalue weighted by Crippen LogP contribution is 2.28. The van der Waals surface area contributed by atoms with Crippen molar-refractivity contribution in [2.75, 3.05) is 40.4 Å². The van der Waals surface area contributed by atoms with Gasteiger partial charge in [-0.05, 0) is 32.1 Å². The summed E-state index contributed by atoms with van der Waals surface area (Å²) in [6.07, 6.45) is 3.54. The van der Waals surface area contributed by atoms with Crippen molar-refractivity contribution in [1.29, 1.82) is 0 Å². The number of guanidine groups is 1. The number of nitrogens with zero attached hydrogens (tertiary/aromatic N) is 2. The van der Waals surface area contributed by atoms with E-state index < -0.39 is 15.5 Å². The molecule has 1 saturated heterocycles. The van der Waals surface area contributed by atoms with Crippen LogP contribution in [0, 0.1) is 0 Å². The topological polar surface area (TPSA) is 83.0 Å². The molecule has 0 radical (unpaired) electrons. The molecule has 1 rings (SSSR count). The summed E-state index contributed by atoms with van der Waals surface area (Å²) in [5, 5.41) is 6.28. The zero-order valence-corrected chi connectivity index (χ0v) is 18.2. The highest BCUT2D eigenvalue weighted by molar-refractivity contribution is 14.0. The van der Waals surface area contributed by atoms with E-state index in [1.807, 2.05) is 0 Å². The third-order valence-corrected chi connectivity index (χ3v) is 5.60. The van der Waals surface area contributed by atoms with Gasteiger partial charge in [0.2, 0.25) is 0 Å². The number of piperidine rings is 1. The van der Waals surface area contributed by atoms with E-state index in [9.17, 15) is 21.6 Å². The van der Waals surface area contributed by atoms with Gasteiger partial charge in [-0.25, -0.2) is 8.42 Å². The van der Waals surface area contributed by atoms with Crippen LogP contribution in [-0.2, 0) is 14.8 Å². The molecule has 12 heteroatoms. The zero-order chi connectivity index (χ0) is 18.9. The lowest BCUT2D eigenvalue weighted by Crippen LogP contribution is -2.51. The van der Waals surface area contributed by atoms with Crippen LogP contribution in [0.15, 0.2) is 4.99 Å². The molecule has 0 aliphatic carbocycles. The van der Waals surface area contributed by atoms with Crippen LogP contribution in [0.5, 0.6) is 0 Å². The number of alkyl halides is 3. The molecule has 0 amide bonds. The Morgan fingerprint density at radius 2 is 1.85 bits per heavy atom. The van der Waals surface area contributed by atoms with E-state index in [0.717, 1.165) is 32.4 Å². The minimum Gasteiger partial charge on any atom is -0.385 e. The zero-order valence-electron chi connectivity index (χ0n) is 15.0. The first-order chi connectivity index (χ1) is 11.7. The molecule has 0 aromatic carbocycles. The molecule has 0 atom stereocenters. The van der Waals surface area contributed by atoms with Gasteiger partial charge < -0.3 is 15.4 Å². The van der Waals surface area contributed by atoms with Crippen LogP contribution in [0.25, 0.3) is 0 Å². The first-order valence-corrected chi connectivity index (χ1v) is 9.69. The lowest BCUT2D eigenvalue weighted by molar-refractivity contribution is -0.0494. The van der Waals surface area contributed by atoms with Crippen molar-refractivity contribution in [3.8, 4) is 0 Å². The lowest BCUT2D eigenvalue weighted by Gasteiger charge is -2.32. The Kier molecular flexibility index (Phi) is 12.0. The maximum absolute atomic E-state index is 12.5.